The molecule has 0 radical (unpaired) electrons. The van der Waals surface area contributed by atoms with Crippen LogP contribution in [0.5, 0.6) is 0 Å². The Labute approximate surface area is 194 Å². The zero-order valence-corrected chi connectivity index (χ0v) is 18.0. The normalized spacial score (nSPS) is 11.2. The molecule has 34 heavy (non-hydrogen) atoms. The highest BCUT2D eigenvalue weighted by Gasteiger charge is 2.15. The Morgan fingerprint density at radius 1 is 1.00 bits per heavy atom. The van der Waals surface area contributed by atoms with Crippen LogP contribution >= 0.6 is 0 Å². The number of nitrogens with zero attached hydrogens (tertiary/aromatic N) is 3. The predicted octanol–water partition coefficient (Wildman–Crippen LogP) is 5.12. The number of carbonyl (C=O) groups excluding carboxylic acids is 2. The summed E-state index contributed by atoms with van der Waals surface area (Å²) in [6.45, 7) is -0.415. The fraction of sp³-hybridized carbons (Fsp3) is 0.0370. The number of ether oxygens (including phenoxy) is 1. The van der Waals surface area contributed by atoms with Crippen molar-refractivity contribution >= 4 is 28.8 Å². The van der Waals surface area contributed by atoms with E-state index in [0.29, 0.717) is 16.8 Å². The summed E-state index contributed by atoms with van der Waals surface area (Å²) in [6.07, 6.45) is 8.10. The molecule has 2 aromatic carbocycles. The molecule has 0 bridgehead atoms. The largest absolute Gasteiger partial charge is 0.454 e. The molecule has 7 nitrogen and oxygen atoms in total. The SMILES string of the molecule is O=C(C=Cc1cn(-c2ccccc2)nc1-c1cccnc1)OCC(=O)c1cc2ccccc2o1. The van der Waals surface area contributed by atoms with Gasteiger partial charge >= 0.3 is 5.97 Å². The minimum absolute atomic E-state index is 0.154. The first-order valence-corrected chi connectivity index (χ1v) is 10.6. The first-order valence-electron chi connectivity index (χ1n) is 10.6. The van der Waals surface area contributed by atoms with E-state index in [4.69, 9.17) is 9.15 Å². The molecule has 5 rings (SSSR count). The second-order valence-corrected chi connectivity index (χ2v) is 7.47. The fourth-order valence-electron chi connectivity index (χ4n) is 3.48. The lowest BCUT2D eigenvalue weighted by atomic mass is 10.1. The van der Waals surface area contributed by atoms with Gasteiger partial charge in [-0.25, -0.2) is 9.48 Å². The number of esters is 1. The van der Waals surface area contributed by atoms with Crippen LogP contribution in [0.3, 0.4) is 0 Å². The first kappa shape index (κ1) is 21.1. The van der Waals surface area contributed by atoms with Crippen LogP contribution in [-0.4, -0.2) is 33.1 Å². The number of Topliss-reactive ketones (excluding diaryl/α,β-unsaturated/α-hetero) is 1. The van der Waals surface area contributed by atoms with Gasteiger partial charge in [0.05, 0.1) is 5.69 Å². The van der Waals surface area contributed by atoms with Crippen LogP contribution < -0.4 is 0 Å². The Morgan fingerprint density at radius 2 is 1.82 bits per heavy atom. The van der Waals surface area contributed by atoms with Crippen LogP contribution in [0.15, 0.2) is 102 Å². The highest BCUT2D eigenvalue weighted by molar-refractivity contribution is 6.00. The van der Waals surface area contributed by atoms with Gasteiger partial charge in [0, 0.05) is 41.2 Å². The average Bonchev–Trinajstić information content (AvgIpc) is 3.52. The van der Waals surface area contributed by atoms with Gasteiger partial charge in [-0.1, -0.05) is 36.4 Å². The van der Waals surface area contributed by atoms with E-state index in [1.54, 1.807) is 35.3 Å². The van der Waals surface area contributed by atoms with Crippen molar-refractivity contribution in [3.05, 3.63) is 109 Å². The van der Waals surface area contributed by atoms with Crippen LogP contribution in [0.4, 0.5) is 0 Å². The number of para-hydroxylation sites is 2. The lowest BCUT2D eigenvalue weighted by Gasteiger charge is -2.00. The smallest absolute Gasteiger partial charge is 0.331 e. The lowest BCUT2D eigenvalue weighted by Crippen LogP contribution is -2.11. The minimum atomic E-state index is -0.644. The van der Waals surface area contributed by atoms with Crippen molar-refractivity contribution in [1.29, 1.82) is 0 Å². The van der Waals surface area contributed by atoms with Gasteiger partial charge in [-0.3, -0.25) is 9.78 Å². The number of hydrogen-bond donors (Lipinski definition) is 0. The summed E-state index contributed by atoms with van der Waals surface area (Å²) >= 11 is 0. The molecule has 0 aliphatic heterocycles. The Balaban J connectivity index is 1.32. The van der Waals surface area contributed by atoms with Crippen LogP contribution in [0, 0.1) is 0 Å². The van der Waals surface area contributed by atoms with E-state index in [9.17, 15) is 9.59 Å². The van der Waals surface area contributed by atoms with Crippen molar-refractivity contribution < 1.29 is 18.7 Å². The Kier molecular flexibility index (Phi) is 5.82. The summed E-state index contributed by atoms with van der Waals surface area (Å²) in [5, 5.41) is 5.49. The van der Waals surface area contributed by atoms with Crippen molar-refractivity contribution in [1.82, 2.24) is 14.8 Å². The molecule has 0 aliphatic rings. The number of aromatic nitrogens is 3. The molecule has 0 amide bonds. The molecular weight excluding hydrogens is 430 g/mol. The third-order valence-corrected chi connectivity index (χ3v) is 5.14. The number of ketones is 1. The summed E-state index contributed by atoms with van der Waals surface area (Å²) in [5.74, 6) is -0.902. The van der Waals surface area contributed by atoms with E-state index >= 15 is 0 Å². The second kappa shape index (κ2) is 9.38. The van der Waals surface area contributed by atoms with Crippen molar-refractivity contribution in [2.24, 2.45) is 0 Å². The van der Waals surface area contributed by atoms with E-state index < -0.39 is 18.4 Å². The van der Waals surface area contributed by atoms with E-state index in [2.05, 4.69) is 10.1 Å². The van der Waals surface area contributed by atoms with Gasteiger partial charge in [-0.2, -0.15) is 5.10 Å². The molecule has 5 aromatic rings. The van der Waals surface area contributed by atoms with E-state index in [1.165, 1.54) is 6.08 Å². The molecule has 0 spiro atoms. The Morgan fingerprint density at radius 3 is 2.62 bits per heavy atom. The molecule has 0 atom stereocenters. The molecular formula is C27H19N3O4. The maximum absolute atomic E-state index is 12.4. The number of rotatable bonds is 7. The van der Waals surface area contributed by atoms with Crippen LogP contribution in [-0.2, 0) is 9.53 Å². The number of hydrogen-bond acceptors (Lipinski definition) is 6. The number of benzene rings is 2. The third-order valence-electron chi connectivity index (χ3n) is 5.14. The maximum atomic E-state index is 12.4. The fourth-order valence-corrected chi connectivity index (χ4v) is 3.48. The third kappa shape index (κ3) is 4.54. The van der Waals surface area contributed by atoms with Crippen molar-refractivity contribution in [2.75, 3.05) is 6.61 Å². The highest BCUT2D eigenvalue weighted by Crippen LogP contribution is 2.24. The first-order chi connectivity index (χ1) is 16.7. The summed E-state index contributed by atoms with van der Waals surface area (Å²) < 4.78 is 12.4. The molecule has 0 aliphatic carbocycles. The maximum Gasteiger partial charge on any atom is 0.331 e. The monoisotopic (exact) mass is 449 g/mol. The molecule has 0 fully saturated rings. The van der Waals surface area contributed by atoms with Crippen LogP contribution in [0.2, 0.25) is 0 Å². The van der Waals surface area contributed by atoms with Crippen molar-refractivity contribution in [2.45, 2.75) is 0 Å². The second-order valence-electron chi connectivity index (χ2n) is 7.47. The van der Waals surface area contributed by atoms with Gasteiger partial charge in [0.25, 0.3) is 0 Å². The summed E-state index contributed by atoms with van der Waals surface area (Å²) in [4.78, 5) is 28.9. The summed E-state index contributed by atoms with van der Waals surface area (Å²) in [7, 11) is 0. The summed E-state index contributed by atoms with van der Waals surface area (Å²) in [5.41, 5.74) is 3.67. The highest BCUT2D eigenvalue weighted by atomic mass is 16.5. The topological polar surface area (TPSA) is 87.2 Å². The van der Waals surface area contributed by atoms with Gasteiger partial charge in [0.1, 0.15) is 11.3 Å². The molecule has 166 valence electrons. The van der Waals surface area contributed by atoms with Crippen LogP contribution in [0.1, 0.15) is 16.1 Å². The quantitative estimate of drug-likeness (QED) is 0.195. The number of fused-ring (bicyclic) bond motifs is 1. The standard InChI is InChI=1S/C27H19N3O4/c31-23(25-15-19-7-4-5-11-24(19)34-25)18-33-26(32)13-12-21-17-30(22-9-2-1-3-10-22)29-27(21)20-8-6-14-28-16-20/h1-17H,18H2. The molecule has 3 heterocycles. The Hall–Kier alpha value is -4.78. The number of furan rings is 1. The number of pyridine rings is 1. The van der Waals surface area contributed by atoms with Crippen molar-refractivity contribution in [3.8, 4) is 16.9 Å². The molecule has 7 heteroatoms. The lowest BCUT2D eigenvalue weighted by molar-refractivity contribution is -0.136. The zero-order valence-electron chi connectivity index (χ0n) is 18.0. The molecule has 3 aromatic heterocycles. The molecule has 0 saturated heterocycles. The van der Waals surface area contributed by atoms with Gasteiger partial charge in [-0.15, -0.1) is 0 Å². The zero-order chi connectivity index (χ0) is 23.3. The van der Waals surface area contributed by atoms with Crippen molar-refractivity contribution in [3.63, 3.8) is 0 Å². The minimum Gasteiger partial charge on any atom is -0.454 e. The molecule has 0 N–H and O–H groups in total. The van der Waals surface area contributed by atoms with Gasteiger partial charge < -0.3 is 9.15 Å². The van der Waals surface area contributed by atoms with Gasteiger partial charge in [-0.05, 0) is 42.5 Å². The molecule has 0 unspecified atom stereocenters. The van der Waals surface area contributed by atoms with E-state index in [0.717, 1.165) is 16.6 Å². The van der Waals surface area contributed by atoms with E-state index in [-0.39, 0.29) is 5.76 Å². The van der Waals surface area contributed by atoms with Gasteiger partial charge in [0.2, 0.25) is 5.78 Å². The Bertz CT molecular complexity index is 1450. The van der Waals surface area contributed by atoms with E-state index in [1.807, 2.05) is 66.9 Å². The number of carbonyl (C=O) groups is 2. The molecule has 0 saturated carbocycles. The van der Waals surface area contributed by atoms with Crippen LogP contribution in [0.25, 0.3) is 34.0 Å². The average molecular weight is 449 g/mol. The van der Waals surface area contributed by atoms with Gasteiger partial charge in [0.15, 0.2) is 12.4 Å². The predicted molar refractivity (Wildman–Crippen MR) is 127 cm³/mol. The summed E-state index contributed by atoms with van der Waals surface area (Å²) in [6, 6.07) is 22.3.